The van der Waals surface area contributed by atoms with Crippen LogP contribution in [-0.2, 0) is 17.1 Å². The SMILES string of the molecule is CN(P)C(CC(N)=O)C(O)c1cc(C(F)(F)F)nc2c(C(F)(F)F)cccc12. The summed E-state index contributed by atoms with van der Waals surface area (Å²) in [6, 6.07) is 2.12. The lowest BCUT2D eigenvalue weighted by molar-refractivity contribution is -0.142. The predicted octanol–water partition coefficient (Wildman–Crippen LogP) is 3.27. The summed E-state index contributed by atoms with van der Waals surface area (Å²) in [7, 11) is 3.55. The molecule has 3 N–H and O–H groups in total. The maximum atomic E-state index is 13.3. The Bertz CT molecular complexity index is 885. The molecule has 1 aromatic carbocycles. The number of nitrogens with two attached hydrogens (primary N) is 1. The first-order valence-electron chi connectivity index (χ1n) is 7.75. The first-order valence-corrected chi connectivity index (χ1v) is 8.27. The van der Waals surface area contributed by atoms with E-state index >= 15 is 0 Å². The number of hydrogen-bond acceptors (Lipinski definition) is 4. The first kappa shape index (κ1) is 22.3. The van der Waals surface area contributed by atoms with Crippen molar-refractivity contribution in [1.29, 1.82) is 0 Å². The number of rotatable bonds is 5. The first-order chi connectivity index (χ1) is 12.7. The molecule has 0 bridgehead atoms. The van der Waals surface area contributed by atoms with Gasteiger partial charge in [-0.05, 0) is 24.7 Å². The molecule has 0 spiro atoms. The molecule has 28 heavy (non-hydrogen) atoms. The van der Waals surface area contributed by atoms with Crippen molar-refractivity contribution in [3.05, 3.63) is 41.1 Å². The van der Waals surface area contributed by atoms with E-state index in [0.717, 1.165) is 12.1 Å². The number of aromatic nitrogens is 1. The van der Waals surface area contributed by atoms with E-state index in [9.17, 15) is 36.2 Å². The Labute approximate surface area is 157 Å². The van der Waals surface area contributed by atoms with Crippen molar-refractivity contribution in [2.24, 2.45) is 5.73 Å². The highest BCUT2D eigenvalue weighted by molar-refractivity contribution is 7.13. The molecular weight excluding hydrogens is 411 g/mol. The highest BCUT2D eigenvalue weighted by atomic mass is 31.0. The van der Waals surface area contributed by atoms with Crippen molar-refractivity contribution in [2.75, 3.05) is 7.05 Å². The van der Waals surface area contributed by atoms with Crippen LogP contribution < -0.4 is 5.73 Å². The van der Waals surface area contributed by atoms with Gasteiger partial charge in [0.05, 0.1) is 23.2 Å². The molecule has 2 rings (SSSR count). The van der Waals surface area contributed by atoms with Crippen LogP contribution in [0, 0.1) is 0 Å². The zero-order valence-electron chi connectivity index (χ0n) is 14.3. The molecule has 0 aliphatic rings. The smallest absolute Gasteiger partial charge is 0.387 e. The molecule has 0 aliphatic carbocycles. The van der Waals surface area contributed by atoms with Crippen LogP contribution in [0.3, 0.4) is 0 Å². The van der Waals surface area contributed by atoms with Crippen LogP contribution in [0.2, 0.25) is 0 Å². The molecular formula is C16H16F6N3O2P. The lowest BCUT2D eigenvalue weighted by Gasteiger charge is -2.29. The van der Waals surface area contributed by atoms with Gasteiger partial charge in [0.1, 0.15) is 5.69 Å². The van der Waals surface area contributed by atoms with Crippen molar-refractivity contribution < 1.29 is 36.2 Å². The van der Waals surface area contributed by atoms with Crippen LogP contribution in [0.4, 0.5) is 26.3 Å². The molecule has 1 amide bonds. The van der Waals surface area contributed by atoms with E-state index in [0.29, 0.717) is 12.1 Å². The number of primary amides is 1. The second-order valence-corrected chi connectivity index (χ2v) is 6.96. The van der Waals surface area contributed by atoms with Gasteiger partial charge >= 0.3 is 12.4 Å². The molecule has 2 aromatic rings. The highest BCUT2D eigenvalue weighted by Gasteiger charge is 2.39. The summed E-state index contributed by atoms with van der Waals surface area (Å²) in [5, 5.41) is 10.3. The standard InChI is InChI=1S/C16H16F6N3O2P/c1-25(28)10(6-12(23)26)14(27)8-5-11(16(20,21)22)24-13-7(8)3-2-4-9(13)15(17,18)19/h2-5,10,14,27H,6,28H2,1H3,(H2,23,26). The minimum absolute atomic E-state index is 0.309. The van der Waals surface area contributed by atoms with Crippen LogP contribution in [0.1, 0.15) is 29.3 Å². The summed E-state index contributed by atoms with van der Waals surface area (Å²) in [6.07, 6.45) is -12.2. The van der Waals surface area contributed by atoms with Gasteiger partial charge in [-0.2, -0.15) is 26.3 Å². The van der Waals surface area contributed by atoms with Crippen LogP contribution in [0.15, 0.2) is 24.3 Å². The van der Waals surface area contributed by atoms with Crippen molar-refractivity contribution in [3.8, 4) is 0 Å². The summed E-state index contributed by atoms with van der Waals surface area (Å²) >= 11 is 0. The Morgan fingerprint density at radius 2 is 1.86 bits per heavy atom. The summed E-state index contributed by atoms with van der Waals surface area (Å²) in [4.78, 5) is 14.4. The number of carbonyl (C=O) groups excluding carboxylic acids is 1. The van der Waals surface area contributed by atoms with E-state index in [2.05, 4.69) is 14.4 Å². The second kappa shape index (κ2) is 7.81. The Morgan fingerprint density at radius 3 is 2.32 bits per heavy atom. The third-order valence-corrected chi connectivity index (χ3v) is 4.47. The summed E-state index contributed by atoms with van der Waals surface area (Å²) < 4.78 is 80.8. The van der Waals surface area contributed by atoms with E-state index < -0.39 is 59.2 Å². The van der Waals surface area contributed by atoms with Crippen LogP contribution in [0.25, 0.3) is 10.9 Å². The number of halogens is 6. The third kappa shape index (κ3) is 4.71. The second-order valence-electron chi connectivity index (χ2n) is 6.14. The van der Waals surface area contributed by atoms with Gasteiger partial charge < -0.3 is 10.8 Å². The monoisotopic (exact) mass is 427 g/mol. The minimum atomic E-state index is -5.05. The Kier molecular flexibility index (Phi) is 6.22. The van der Waals surface area contributed by atoms with Crippen molar-refractivity contribution in [3.63, 3.8) is 0 Å². The molecule has 0 fully saturated rings. The fourth-order valence-corrected chi connectivity index (χ4v) is 3.05. The molecule has 0 aliphatic heterocycles. The van der Waals surface area contributed by atoms with Gasteiger partial charge in [-0.1, -0.05) is 21.5 Å². The number of aliphatic hydroxyl groups excluding tert-OH is 1. The molecule has 3 unspecified atom stereocenters. The van der Waals surface area contributed by atoms with Gasteiger partial charge in [-0.25, -0.2) is 4.98 Å². The topological polar surface area (TPSA) is 79.5 Å². The molecule has 3 atom stereocenters. The Balaban J connectivity index is 2.82. The largest absolute Gasteiger partial charge is 0.433 e. The number of para-hydroxylation sites is 1. The molecule has 154 valence electrons. The lowest BCUT2D eigenvalue weighted by Crippen LogP contribution is -2.35. The van der Waals surface area contributed by atoms with Crippen molar-refractivity contribution >= 4 is 26.2 Å². The number of likely N-dealkylation sites (N-methyl/N-ethyl adjacent to an activating group) is 1. The maximum Gasteiger partial charge on any atom is 0.433 e. The van der Waals surface area contributed by atoms with Gasteiger partial charge in [0, 0.05) is 11.8 Å². The number of carbonyl (C=O) groups is 1. The highest BCUT2D eigenvalue weighted by Crippen LogP contribution is 2.40. The fraction of sp³-hybridized carbons (Fsp3) is 0.375. The van der Waals surface area contributed by atoms with Crippen molar-refractivity contribution in [1.82, 2.24) is 9.65 Å². The van der Waals surface area contributed by atoms with Crippen LogP contribution >= 0.6 is 9.39 Å². The predicted molar refractivity (Wildman–Crippen MR) is 91.8 cm³/mol. The number of pyridine rings is 1. The summed E-state index contributed by atoms with van der Waals surface area (Å²) in [5.74, 6) is -0.844. The average Bonchev–Trinajstić information content (AvgIpc) is 2.55. The number of fused-ring (bicyclic) bond motifs is 1. The molecule has 12 heteroatoms. The quantitative estimate of drug-likeness (QED) is 0.567. The maximum absolute atomic E-state index is 13.3. The van der Waals surface area contributed by atoms with Crippen molar-refractivity contribution in [2.45, 2.75) is 30.9 Å². The van der Waals surface area contributed by atoms with E-state index in [1.54, 1.807) is 0 Å². The summed E-state index contributed by atoms with van der Waals surface area (Å²) in [6.45, 7) is 0. The van der Waals surface area contributed by atoms with Gasteiger partial charge in [-0.3, -0.25) is 9.46 Å². The Hall–Kier alpha value is -1.97. The molecule has 0 saturated carbocycles. The molecule has 1 heterocycles. The molecule has 1 aromatic heterocycles. The number of hydrogen-bond donors (Lipinski definition) is 2. The number of nitrogens with zero attached hydrogens (tertiary/aromatic N) is 2. The van der Waals surface area contributed by atoms with E-state index in [-0.39, 0.29) is 5.39 Å². The van der Waals surface area contributed by atoms with Crippen LogP contribution in [-0.4, -0.2) is 33.8 Å². The fourth-order valence-electron chi connectivity index (χ4n) is 2.79. The lowest BCUT2D eigenvalue weighted by atomic mass is 9.94. The number of benzene rings is 1. The summed E-state index contributed by atoms with van der Waals surface area (Å²) in [5.41, 5.74) is 0.777. The van der Waals surface area contributed by atoms with Gasteiger partial charge in [0.2, 0.25) is 5.91 Å². The van der Waals surface area contributed by atoms with Gasteiger partial charge in [0.15, 0.2) is 0 Å². The minimum Gasteiger partial charge on any atom is -0.387 e. The zero-order chi connectivity index (χ0) is 21.4. The van der Waals surface area contributed by atoms with E-state index in [1.165, 1.54) is 11.7 Å². The number of amides is 1. The molecule has 0 saturated heterocycles. The average molecular weight is 427 g/mol. The zero-order valence-corrected chi connectivity index (χ0v) is 15.5. The van der Waals surface area contributed by atoms with Crippen LogP contribution in [0.5, 0.6) is 0 Å². The number of aliphatic hydroxyl groups is 1. The molecule has 5 nitrogen and oxygen atoms in total. The third-order valence-electron chi connectivity index (χ3n) is 4.08. The van der Waals surface area contributed by atoms with E-state index in [4.69, 9.17) is 5.73 Å². The number of alkyl halides is 6. The Morgan fingerprint density at radius 1 is 1.25 bits per heavy atom. The normalized spacial score (nSPS) is 15.1. The van der Waals surface area contributed by atoms with E-state index in [1.807, 2.05) is 0 Å². The van der Waals surface area contributed by atoms with Gasteiger partial charge in [-0.15, -0.1) is 0 Å². The van der Waals surface area contributed by atoms with Gasteiger partial charge in [0.25, 0.3) is 0 Å². The molecule has 0 radical (unpaired) electrons.